The van der Waals surface area contributed by atoms with Gasteiger partial charge >= 0.3 is 6.03 Å². The van der Waals surface area contributed by atoms with Crippen LogP contribution in [0, 0.1) is 0 Å². The number of hydrogen-bond acceptors (Lipinski definition) is 4. The van der Waals surface area contributed by atoms with Gasteiger partial charge in [0, 0.05) is 46.9 Å². The van der Waals surface area contributed by atoms with Gasteiger partial charge in [-0.1, -0.05) is 71.7 Å². The minimum Gasteiger partial charge on any atom is -0.489 e. The van der Waals surface area contributed by atoms with Gasteiger partial charge in [-0.25, -0.2) is 4.79 Å². The number of halogens is 2. The molecule has 0 atom stereocenters. The first-order valence-electron chi connectivity index (χ1n) is 13.5. The molecule has 208 valence electrons. The van der Waals surface area contributed by atoms with Gasteiger partial charge < -0.3 is 20.5 Å². The summed E-state index contributed by atoms with van der Waals surface area (Å²) in [6.45, 7) is 7.00. The SMILES string of the molecule is CCc1cccc(CC)c1NC(=O)NCC1(O)CCN(Cc2cc(Br)ccc2OCc2ccc(Cl)cc2)CC1. The molecular formula is C31H37BrClN3O3. The second kappa shape index (κ2) is 13.7. The first-order valence-corrected chi connectivity index (χ1v) is 14.7. The third-order valence-electron chi connectivity index (χ3n) is 7.33. The van der Waals surface area contributed by atoms with Crippen molar-refractivity contribution in [2.45, 2.75) is 58.3 Å². The summed E-state index contributed by atoms with van der Waals surface area (Å²) in [6.07, 6.45) is 2.84. The van der Waals surface area contributed by atoms with E-state index in [9.17, 15) is 9.90 Å². The maximum absolute atomic E-state index is 12.7. The second-order valence-corrected chi connectivity index (χ2v) is 11.5. The predicted octanol–water partition coefficient (Wildman–Crippen LogP) is 6.95. The van der Waals surface area contributed by atoms with Gasteiger partial charge in [0.2, 0.25) is 0 Å². The number of para-hydroxylation sites is 1. The smallest absolute Gasteiger partial charge is 0.319 e. The molecule has 1 heterocycles. The Balaban J connectivity index is 1.29. The lowest BCUT2D eigenvalue weighted by Crippen LogP contribution is -2.51. The lowest BCUT2D eigenvalue weighted by atomic mass is 9.91. The zero-order valence-corrected chi connectivity index (χ0v) is 24.9. The standard InChI is InChI=1S/C31H37BrClN3O3/c1-3-23-6-5-7-24(4-2)29(23)35-30(37)34-21-31(38)14-16-36(17-15-31)19-25-18-26(32)10-13-28(25)39-20-22-8-11-27(33)12-9-22/h5-13,18,38H,3-4,14-17,19-21H2,1-2H3,(H2,34,35,37). The highest BCUT2D eigenvalue weighted by molar-refractivity contribution is 9.10. The normalized spacial score (nSPS) is 15.1. The Labute approximate surface area is 244 Å². The number of carbonyl (C=O) groups excluding carboxylic acids is 1. The summed E-state index contributed by atoms with van der Waals surface area (Å²) >= 11 is 9.58. The summed E-state index contributed by atoms with van der Waals surface area (Å²) in [7, 11) is 0. The molecule has 8 heteroatoms. The molecule has 0 spiro atoms. The van der Waals surface area contributed by atoms with Gasteiger partial charge in [-0.2, -0.15) is 0 Å². The number of nitrogens with zero attached hydrogens (tertiary/aromatic N) is 1. The Hall–Kier alpha value is -2.58. The molecule has 1 saturated heterocycles. The zero-order chi connectivity index (χ0) is 27.8. The van der Waals surface area contributed by atoms with E-state index in [4.69, 9.17) is 16.3 Å². The molecule has 0 bridgehead atoms. The molecular weight excluding hydrogens is 578 g/mol. The Kier molecular flexibility index (Phi) is 10.3. The molecule has 0 unspecified atom stereocenters. The number of anilines is 1. The summed E-state index contributed by atoms with van der Waals surface area (Å²) in [6, 6.07) is 19.5. The van der Waals surface area contributed by atoms with Crippen LogP contribution < -0.4 is 15.4 Å². The number of amides is 2. The van der Waals surface area contributed by atoms with E-state index in [2.05, 4.69) is 51.4 Å². The number of hydrogen-bond donors (Lipinski definition) is 3. The number of nitrogens with one attached hydrogen (secondary N) is 2. The van der Waals surface area contributed by atoms with Crippen molar-refractivity contribution in [2.75, 3.05) is 25.0 Å². The number of ether oxygens (including phenoxy) is 1. The molecule has 39 heavy (non-hydrogen) atoms. The molecule has 1 aliphatic rings. The van der Waals surface area contributed by atoms with Crippen molar-refractivity contribution in [1.29, 1.82) is 0 Å². The van der Waals surface area contributed by atoms with Crippen LogP contribution in [0.4, 0.5) is 10.5 Å². The van der Waals surface area contributed by atoms with Crippen LogP contribution in [0.3, 0.4) is 0 Å². The monoisotopic (exact) mass is 613 g/mol. The summed E-state index contributed by atoms with van der Waals surface area (Å²) < 4.78 is 7.15. The summed E-state index contributed by atoms with van der Waals surface area (Å²) in [5, 5.41) is 17.8. The van der Waals surface area contributed by atoms with Gasteiger partial charge in [0.15, 0.2) is 0 Å². The number of aliphatic hydroxyl groups is 1. The molecule has 3 aromatic carbocycles. The van der Waals surface area contributed by atoms with Gasteiger partial charge in [0.1, 0.15) is 12.4 Å². The molecule has 0 aliphatic carbocycles. The molecule has 1 fully saturated rings. The third kappa shape index (κ3) is 8.21. The average molecular weight is 615 g/mol. The first kappa shape index (κ1) is 29.4. The van der Waals surface area contributed by atoms with Crippen LogP contribution in [0.2, 0.25) is 5.02 Å². The number of benzene rings is 3. The molecule has 3 aromatic rings. The molecule has 3 N–H and O–H groups in total. The van der Waals surface area contributed by atoms with Gasteiger partial charge in [0.25, 0.3) is 0 Å². The molecule has 6 nitrogen and oxygen atoms in total. The average Bonchev–Trinajstić information content (AvgIpc) is 2.94. The number of likely N-dealkylation sites (tertiary alicyclic amines) is 1. The zero-order valence-electron chi connectivity index (χ0n) is 22.6. The van der Waals surface area contributed by atoms with Gasteiger partial charge in [0.05, 0.1) is 5.60 Å². The van der Waals surface area contributed by atoms with E-state index in [0.717, 1.165) is 64.1 Å². The van der Waals surface area contributed by atoms with Crippen LogP contribution in [-0.4, -0.2) is 41.3 Å². The quantitative estimate of drug-likeness (QED) is 0.231. The van der Waals surface area contributed by atoms with Crippen molar-refractivity contribution in [3.63, 3.8) is 0 Å². The Morgan fingerprint density at radius 1 is 1.03 bits per heavy atom. The molecule has 0 saturated carbocycles. The number of piperidine rings is 1. The van der Waals surface area contributed by atoms with E-state index in [-0.39, 0.29) is 12.6 Å². The van der Waals surface area contributed by atoms with Crippen LogP contribution in [0.25, 0.3) is 0 Å². The largest absolute Gasteiger partial charge is 0.489 e. The minimum atomic E-state index is -0.934. The Morgan fingerprint density at radius 2 is 1.69 bits per heavy atom. The van der Waals surface area contributed by atoms with E-state index < -0.39 is 5.60 Å². The fourth-order valence-electron chi connectivity index (χ4n) is 4.90. The second-order valence-electron chi connectivity index (χ2n) is 10.1. The van der Waals surface area contributed by atoms with Crippen molar-refractivity contribution >= 4 is 39.2 Å². The highest BCUT2D eigenvalue weighted by Gasteiger charge is 2.33. The first-order chi connectivity index (χ1) is 18.8. The Morgan fingerprint density at radius 3 is 2.33 bits per heavy atom. The van der Waals surface area contributed by atoms with Crippen molar-refractivity contribution in [3.05, 3.63) is 92.4 Å². The highest BCUT2D eigenvalue weighted by Crippen LogP contribution is 2.29. The Bertz CT molecular complexity index is 1240. The number of carbonyl (C=O) groups is 1. The van der Waals surface area contributed by atoms with Crippen LogP contribution in [-0.2, 0) is 26.0 Å². The minimum absolute atomic E-state index is 0.217. The molecule has 2 amide bonds. The summed E-state index contributed by atoms with van der Waals surface area (Å²) in [5.41, 5.74) is 4.31. The van der Waals surface area contributed by atoms with Crippen LogP contribution in [0.5, 0.6) is 5.75 Å². The van der Waals surface area contributed by atoms with E-state index in [1.165, 1.54) is 0 Å². The van der Waals surface area contributed by atoms with E-state index in [1.807, 2.05) is 54.6 Å². The van der Waals surface area contributed by atoms with Gasteiger partial charge in [-0.15, -0.1) is 0 Å². The number of urea groups is 1. The van der Waals surface area contributed by atoms with E-state index >= 15 is 0 Å². The number of aryl methyl sites for hydroxylation is 2. The van der Waals surface area contributed by atoms with E-state index in [1.54, 1.807) is 0 Å². The summed E-state index contributed by atoms with van der Waals surface area (Å²) in [4.78, 5) is 15.0. The van der Waals surface area contributed by atoms with Crippen molar-refractivity contribution < 1.29 is 14.6 Å². The predicted molar refractivity (Wildman–Crippen MR) is 162 cm³/mol. The lowest BCUT2D eigenvalue weighted by molar-refractivity contribution is -0.0196. The fourth-order valence-corrected chi connectivity index (χ4v) is 5.44. The molecule has 1 aliphatic heterocycles. The molecule has 0 aromatic heterocycles. The summed E-state index contributed by atoms with van der Waals surface area (Å²) in [5.74, 6) is 0.839. The van der Waals surface area contributed by atoms with Crippen molar-refractivity contribution in [1.82, 2.24) is 10.2 Å². The van der Waals surface area contributed by atoms with Crippen LogP contribution in [0.1, 0.15) is 48.9 Å². The van der Waals surface area contributed by atoms with Crippen LogP contribution in [0.15, 0.2) is 65.1 Å². The topological polar surface area (TPSA) is 73.8 Å². The third-order valence-corrected chi connectivity index (χ3v) is 8.07. The fraction of sp³-hybridized carbons (Fsp3) is 0.387. The molecule has 4 rings (SSSR count). The van der Waals surface area contributed by atoms with E-state index in [0.29, 0.717) is 31.0 Å². The van der Waals surface area contributed by atoms with Crippen LogP contribution >= 0.6 is 27.5 Å². The highest BCUT2D eigenvalue weighted by atomic mass is 79.9. The van der Waals surface area contributed by atoms with Crippen molar-refractivity contribution in [3.8, 4) is 5.75 Å². The maximum Gasteiger partial charge on any atom is 0.319 e. The molecule has 0 radical (unpaired) electrons. The number of rotatable bonds is 10. The van der Waals surface area contributed by atoms with Gasteiger partial charge in [-0.05, 0) is 72.7 Å². The lowest BCUT2D eigenvalue weighted by Gasteiger charge is -2.38. The maximum atomic E-state index is 12.7. The van der Waals surface area contributed by atoms with Crippen molar-refractivity contribution in [2.24, 2.45) is 0 Å². The van der Waals surface area contributed by atoms with Gasteiger partial charge in [-0.3, -0.25) is 4.90 Å².